The smallest absolute Gasteiger partial charge is 0.123 e. The van der Waals surface area contributed by atoms with Gasteiger partial charge in [-0.1, -0.05) is 26.0 Å². The maximum absolute atomic E-state index is 13.1. The first-order valence-electron chi connectivity index (χ1n) is 7.26. The Morgan fingerprint density at radius 1 is 1.05 bits per heavy atom. The number of hydrogen-bond acceptors (Lipinski definition) is 2. The highest BCUT2D eigenvalue weighted by molar-refractivity contribution is 7.11. The van der Waals surface area contributed by atoms with E-state index in [0.717, 1.165) is 25.9 Å². The highest BCUT2D eigenvalue weighted by Crippen LogP contribution is 2.25. The molecule has 0 radical (unpaired) electrons. The molecular weight excluding hydrogens is 269 g/mol. The maximum Gasteiger partial charge on any atom is 0.123 e. The summed E-state index contributed by atoms with van der Waals surface area (Å²) in [7, 11) is 0. The standard InChI is InChI=1S/C17H22FNS/c1-3-16-9-10-17(20-16)11-14(12-19-4-2)13-5-7-15(18)8-6-13/h5-10,14,19H,3-4,11-12H2,1-2H3. The number of nitrogens with one attached hydrogen (secondary N) is 1. The summed E-state index contributed by atoms with van der Waals surface area (Å²) in [5, 5.41) is 3.41. The van der Waals surface area contributed by atoms with Crippen molar-refractivity contribution in [2.45, 2.75) is 32.6 Å². The lowest BCUT2D eigenvalue weighted by Gasteiger charge is -2.17. The first-order chi connectivity index (χ1) is 9.72. The molecule has 0 fully saturated rings. The van der Waals surface area contributed by atoms with Crippen LogP contribution in [-0.4, -0.2) is 13.1 Å². The Hall–Kier alpha value is -1.19. The lowest BCUT2D eigenvalue weighted by molar-refractivity contribution is 0.592. The second kappa shape index (κ2) is 7.55. The Labute approximate surface area is 124 Å². The average molecular weight is 291 g/mol. The summed E-state index contributed by atoms with van der Waals surface area (Å²) in [6.45, 7) is 6.19. The van der Waals surface area contributed by atoms with E-state index in [1.54, 1.807) is 12.1 Å². The molecule has 2 rings (SSSR count). The van der Waals surface area contributed by atoms with Gasteiger partial charge in [-0.2, -0.15) is 0 Å². The predicted octanol–water partition coefficient (Wildman–Crippen LogP) is 4.39. The highest BCUT2D eigenvalue weighted by atomic mass is 32.1. The molecule has 2 aromatic rings. The summed E-state index contributed by atoms with van der Waals surface area (Å²) in [5.74, 6) is 0.235. The van der Waals surface area contributed by atoms with E-state index in [0.29, 0.717) is 5.92 Å². The van der Waals surface area contributed by atoms with E-state index >= 15 is 0 Å². The van der Waals surface area contributed by atoms with Crippen LogP contribution in [0.15, 0.2) is 36.4 Å². The van der Waals surface area contributed by atoms with Crippen molar-refractivity contribution in [3.63, 3.8) is 0 Å². The monoisotopic (exact) mass is 291 g/mol. The molecule has 1 heterocycles. The van der Waals surface area contributed by atoms with Crippen LogP contribution < -0.4 is 5.32 Å². The SMILES string of the molecule is CCNCC(Cc1ccc(CC)s1)c1ccc(F)cc1. The third-order valence-electron chi connectivity index (χ3n) is 3.50. The molecule has 0 saturated carbocycles. The minimum absolute atomic E-state index is 0.166. The molecule has 0 aliphatic heterocycles. The Morgan fingerprint density at radius 2 is 1.75 bits per heavy atom. The molecule has 0 amide bonds. The van der Waals surface area contributed by atoms with Crippen LogP contribution in [-0.2, 0) is 12.8 Å². The molecule has 0 spiro atoms. The first kappa shape index (κ1) is 15.2. The van der Waals surface area contributed by atoms with Crippen LogP contribution >= 0.6 is 11.3 Å². The number of halogens is 1. The van der Waals surface area contributed by atoms with Crippen molar-refractivity contribution in [1.29, 1.82) is 0 Å². The number of likely N-dealkylation sites (N-methyl/N-ethyl adjacent to an activating group) is 1. The van der Waals surface area contributed by atoms with Crippen molar-refractivity contribution in [2.24, 2.45) is 0 Å². The van der Waals surface area contributed by atoms with Crippen LogP contribution in [0.25, 0.3) is 0 Å². The van der Waals surface area contributed by atoms with E-state index in [9.17, 15) is 4.39 Å². The number of benzene rings is 1. The zero-order valence-corrected chi connectivity index (χ0v) is 13.0. The lowest BCUT2D eigenvalue weighted by Crippen LogP contribution is -2.22. The number of thiophene rings is 1. The van der Waals surface area contributed by atoms with Gasteiger partial charge in [-0.05, 0) is 49.2 Å². The van der Waals surface area contributed by atoms with Crippen molar-refractivity contribution in [3.05, 3.63) is 57.5 Å². The summed E-state index contributed by atoms with van der Waals surface area (Å²) in [5.41, 5.74) is 1.21. The second-order valence-corrected chi connectivity index (χ2v) is 6.23. The largest absolute Gasteiger partial charge is 0.316 e. The minimum Gasteiger partial charge on any atom is -0.316 e. The fourth-order valence-corrected chi connectivity index (χ4v) is 3.36. The summed E-state index contributed by atoms with van der Waals surface area (Å²) >= 11 is 1.89. The third-order valence-corrected chi connectivity index (χ3v) is 4.75. The quantitative estimate of drug-likeness (QED) is 0.798. The Morgan fingerprint density at radius 3 is 2.35 bits per heavy atom. The van der Waals surface area contributed by atoms with E-state index in [4.69, 9.17) is 0 Å². The van der Waals surface area contributed by atoms with Crippen molar-refractivity contribution < 1.29 is 4.39 Å². The van der Waals surface area contributed by atoms with Gasteiger partial charge in [-0.15, -0.1) is 11.3 Å². The third kappa shape index (κ3) is 4.15. The van der Waals surface area contributed by atoms with E-state index in [1.807, 2.05) is 23.5 Å². The predicted molar refractivity (Wildman–Crippen MR) is 85.1 cm³/mol. The zero-order chi connectivity index (χ0) is 14.4. The van der Waals surface area contributed by atoms with Crippen molar-refractivity contribution in [3.8, 4) is 0 Å². The molecule has 0 aliphatic carbocycles. The Bertz CT molecular complexity index is 518. The number of rotatable bonds is 7. The molecular formula is C17H22FNS. The van der Waals surface area contributed by atoms with Gasteiger partial charge in [-0.3, -0.25) is 0 Å². The van der Waals surface area contributed by atoms with Gasteiger partial charge in [0.25, 0.3) is 0 Å². The second-order valence-electron chi connectivity index (χ2n) is 4.98. The summed E-state index contributed by atoms with van der Waals surface area (Å²) < 4.78 is 13.1. The Balaban J connectivity index is 2.12. The molecule has 1 unspecified atom stereocenters. The molecule has 0 bridgehead atoms. The molecule has 1 aromatic carbocycles. The summed E-state index contributed by atoms with van der Waals surface area (Å²) in [4.78, 5) is 2.84. The van der Waals surface area contributed by atoms with Gasteiger partial charge in [0, 0.05) is 22.2 Å². The van der Waals surface area contributed by atoms with Crippen LogP contribution in [0, 0.1) is 5.82 Å². The maximum atomic E-state index is 13.1. The average Bonchev–Trinajstić information content (AvgIpc) is 2.92. The number of hydrogen-bond donors (Lipinski definition) is 1. The highest BCUT2D eigenvalue weighted by Gasteiger charge is 2.13. The normalized spacial score (nSPS) is 12.6. The number of aryl methyl sites for hydroxylation is 1. The topological polar surface area (TPSA) is 12.0 Å². The molecule has 1 N–H and O–H groups in total. The van der Waals surface area contributed by atoms with Crippen LogP contribution in [0.3, 0.4) is 0 Å². The van der Waals surface area contributed by atoms with Gasteiger partial charge in [0.1, 0.15) is 5.82 Å². The minimum atomic E-state index is -0.166. The molecule has 1 atom stereocenters. The molecule has 20 heavy (non-hydrogen) atoms. The van der Waals surface area contributed by atoms with Crippen molar-refractivity contribution >= 4 is 11.3 Å². The van der Waals surface area contributed by atoms with Crippen molar-refractivity contribution in [1.82, 2.24) is 5.32 Å². The van der Waals surface area contributed by atoms with Gasteiger partial charge in [-0.25, -0.2) is 4.39 Å². The fourth-order valence-electron chi connectivity index (χ4n) is 2.33. The van der Waals surface area contributed by atoms with E-state index in [-0.39, 0.29) is 5.82 Å². The van der Waals surface area contributed by atoms with E-state index in [2.05, 4.69) is 31.3 Å². The van der Waals surface area contributed by atoms with Crippen LogP contribution in [0.1, 0.15) is 35.1 Å². The van der Waals surface area contributed by atoms with Gasteiger partial charge < -0.3 is 5.32 Å². The fraction of sp³-hybridized carbons (Fsp3) is 0.412. The molecule has 3 heteroatoms. The molecule has 108 valence electrons. The first-order valence-corrected chi connectivity index (χ1v) is 8.08. The molecule has 0 saturated heterocycles. The summed E-state index contributed by atoms with van der Waals surface area (Å²) in [6.07, 6.45) is 2.11. The van der Waals surface area contributed by atoms with E-state index in [1.165, 1.54) is 15.3 Å². The zero-order valence-electron chi connectivity index (χ0n) is 12.2. The molecule has 0 aliphatic rings. The van der Waals surface area contributed by atoms with Gasteiger partial charge in [0.15, 0.2) is 0 Å². The van der Waals surface area contributed by atoms with Gasteiger partial charge >= 0.3 is 0 Å². The van der Waals surface area contributed by atoms with Crippen LogP contribution in [0.4, 0.5) is 4.39 Å². The summed E-state index contributed by atoms with van der Waals surface area (Å²) in [6, 6.07) is 11.4. The van der Waals surface area contributed by atoms with Crippen molar-refractivity contribution in [2.75, 3.05) is 13.1 Å². The van der Waals surface area contributed by atoms with Gasteiger partial charge in [0.05, 0.1) is 0 Å². The molecule has 1 aromatic heterocycles. The molecule has 1 nitrogen and oxygen atoms in total. The lowest BCUT2D eigenvalue weighted by atomic mass is 9.95. The van der Waals surface area contributed by atoms with E-state index < -0.39 is 0 Å². The van der Waals surface area contributed by atoms with Gasteiger partial charge in [0.2, 0.25) is 0 Å². The van der Waals surface area contributed by atoms with Crippen LogP contribution in [0.5, 0.6) is 0 Å². The Kier molecular flexibility index (Phi) is 5.74. The van der Waals surface area contributed by atoms with Crippen LogP contribution in [0.2, 0.25) is 0 Å².